The minimum atomic E-state index is -0.843. The largest absolute Gasteiger partial charge is 0.369 e. The Bertz CT molecular complexity index is 303. The normalized spacial score (nSPS) is 13.7. The van der Waals surface area contributed by atoms with Crippen LogP contribution in [0, 0.1) is 0 Å². The number of hydrogen-bond donors (Lipinski definition) is 2. The summed E-state index contributed by atoms with van der Waals surface area (Å²) >= 11 is 1.72. The predicted octanol–water partition coefficient (Wildman–Crippen LogP) is 4.82. The molecule has 0 aromatic rings. The fourth-order valence-electron chi connectivity index (χ4n) is 2.68. The first-order valence-electron chi connectivity index (χ1n) is 9.82. The Morgan fingerprint density at radius 1 is 0.958 bits per heavy atom. The molecule has 0 bridgehead atoms. The summed E-state index contributed by atoms with van der Waals surface area (Å²) in [5, 5.41) is 0. The van der Waals surface area contributed by atoms with Gasteiger partial charge in [0.2, 0.25) is 0 Å². The van der Waals surface area contributed by atoms with Crippen LogP contribution < -0.4 is 11.2 Å². The lowest BCUT2D eigenvalue weighted by atomic mass is 9.90. The van der Waals surface area contributed by atoms with Crippen molar-refractivity contribution in [3.05, 3.63) is 0 Å². The Morgan fingerprint density at radius 2 is 1.54 bits per heavy atom. The quantitative estimate of drug-likeness (QED) is 0.288. The first-order valence-corrected chi connectivity index (χ1v) is 11.2. The van der Waals surface area contributed by atoms with E-state index >= 15 is 0 Å². The van der Waals surface area contributed by atoms with Gasteiger partial charge < -0.3 is 10.6 Å². The Morgan fingerprint density at radius 3 is 2.12 bits per heavy atom. The van der Waals surface area contributed by atoms with Crippen LogP contribution in [0.5, 0.6) is 0 Å². The molecule has 5 heteroatoms. The van der Waals surface area contributed by atoms with Gasteiger partial charge in [0.1, 0.15) is 5.54 Å². The topological polar surface area (TPSA) is 64.3 Å². The van der Waals surface area contributed by atoms with Gasteiger partial charge in [-0.1, -0.05) is 71.6 Å². The summed E-state index contributed by atoms with van der Waals surface area (Å²) < 4.78 is 0. The fourth-order valence-corrected chi connectivity index (χ4v) is 3.24. The van der Waals surface area contributed by atoms with Gasteiger partial charge in [0.25, 0.3) is 0 Å². The number of hydroxylamine groups is 1. The van der Waals surface area contributed by atoms with Gasteiger partial charge in [-0.2, -0.15) is 17.2 Å². The summed E-state index contributed by atoms with van der Waals surface area (Å²) in [5.41, 5.74) is 8.37. The summed E-state index contributed by atoms with van der Waals surface area (Å²) in [6.07, 6.45) is 15.3. The summed E-state index contributed by atoms with van der Waals surface area (Å²) in [5.74, 6) is 0.595. The predicted molar refractivity (Wildman–Crippen MR) is 106 cm³/mol. The molecule has 1 atom stereocenters. The number of hydrogen-bond acceptors (Lipinski definition) is 5. The molecule has 0 amide bonds. The molecular formula is C19H40N2O2S. The highest BCUT2D eigenvalue weighted by molar-refractivity contribution is 7.98. The molecule has 0 saturated carbocycles. The molecule has 0 aliphatic heterocycles. The van der Waals surface area contributed by atoms with E-state index in [-0.39, 0.29) is 5.97 Å². The highest BCUT2D eigenvalue weighted by atomic mass is 32.2. The van der Waals surface area contributed by atoms with Crippen LogP contribution >= 0.6 is 11.8 Å². The van der Waals surface area contributed by atoms with Crippen molar-refractivity contribution >= 4 is 17.7 Å². The molecule has 0 fully saturated rings. The van der Waals surface area contributed by atoms with E-state index < -0.39 is 5.54 Å². The van der Waals surface area contributed by atoms with E-state index in [9.17, 15) is 4.79 Å². The molecule has 0 saturated heterocycles. The maximum atomic E-state index is 12.4. The van der Waals surface area contributed by atoms with Crippen LogP contribution in [-0.4, -0.2) is 30.1 Å². The summed E-state index contributed by atoms with van der Waals surface area (Å²) in [6, 6.07) is 0. The zero-order valence-electron chi connectivity index (χ0n) is 16.2. The van der Waals surface area contributed by atoms with Gasteiger partial charge in [-0.25, -0.2) is 4.79 Å². The first kappa shape index (κ1) is 23.7. The Hall–Kier alpha value is -0.260. The molecule has 4 nitrogen and oxygen atoms in total. The lowest BCUT2D eigenvalue weighted by Gasteiger charge is -2.26. The third-order valence-corrected chi connectivity index (χ3v) is 5.04. The van der Waals surface area contributed by atoms with Crippen molar-refractivity contribution in [1.29, 1.82) is 0 Å². The third-order valence-electron chi connectivity index (χ3n) is 4.43. The number of nitrogens with one attached hydrogen (secondary N) is 1. The van der Waals surface area contributed by atoms with E-state index in [1.165, 1.54) is 44.9 Å². The van der Waals surface area contributed by atoms with Crippen molar-refractivity contribution in [3.8, 4) is 0 Å². The molecule has 1 unspecified atom stereocenters. The summed E-state index contributed by atoms with van der Waals surface area (Å²) in [4.78, 5) is 17.7. The lowest BCUT2D eigenvalue weighted by Crippen LogP contribution is -2.51. The van der Waals surface area contributed by atoms with Crippen LogP contribution in [0.25, 0.3) is 0 Å². The SMILES string of the molecule is CCCCCCCNOC(=O)C(N)(CCCCCCC)CCSC. The molecule has 0 spiro atoms. The maximum Gasteiger partial charge on any atom is 0.344 e. The molecule has 24 heavy (non-hydrogen) atoms. The standard InChI is InChI=1S/C19H40N2O2S/c1-4-6-8-10-12-14-19(20,15-17-24-3)18(22)23-21-16-13-11-9-7-5-2/h21H,4-17,20H2,1-3H3. The first-order chi connectivity index (χ1) is 11.6. The minimum Gasteiger partial charge on any atom is -0.369 e. The van der Waals surface area contributed by atoms with Gasteiger partial charge in [-0.05, 0) is 31.3 Å². The minimum absolute atomic E-state index is 0.291. The second-order valence-electron chi connectivity index (χ2n) is 6.76. The number of thioether (sulfide) groups is 1. The van der Waals surface area contributed by atoms with Gasteiger partial charge in [-0.15, -0.1) is 0 Å². The van der Waals surface area contributed by atoms with Crippen LogP contribution in [0.1, 0.15) is 90.9 Å². The van der Waals surface area contributed by atoms with Crippen molar-refractivity contribution in [3.63, 3.8) is 0 Å². The number of unbranched alkanes of at least 4 members (excludes halogenated alkanes) is 8. The van der Waals surface area contributed by atoms with Crippen LogP contribution in [0.3, 0.4) is 0 Å². The van der Waals surface area contributed by atoms with Crippen LogP contribution in [0.4, 0.5) is 0 Å². The van der Waals surface area contributed by atoms with Crippen molar-refractivity contribution in [1.82, 2.24) is 5.48 Å². The maximum absolute atomic E-state index is 12.4. The van der Waals surface area contributed by atoms with Crippen LogP contribution in [0.2, 0.25) is 0 Å². The molecule has 3 N–H and O–H groups in total. The molecule has 0 aliphatic rings. The van der Waals surface area contributed by atoms with Crippen molar-refractivity contribution < 1.29 is 9.63 Å². The lowest BCUT2D eigenvalue weighted by molar-refractivity contribution is -0.158. The smallest absolute Gasteiger partial charge is 0.344 e. The Labute approximate surface area is 154 Å². The highest BCUT2D eigenvalue weighted by Gasteiger charge is 2.35. The summed E-state index contributed by atoms with van der Waals surface area (Å²) in [7, 11) is 0. The Kier molecular flexibility index (Phi) is 16.0. The molecule has 0 radical (unpaired) electrons. The molecular weight excluding hydrogens is 320 g/mol. The average Bonchev–Trinajstić information content (AvgIpc) is 2.58. The fraction of sp³-hybridized carbons (Fsp3) is 0.947. The summed E-state index contributed by atoms with van der Waals surface area (Å²) in [6.45, 7) is 5.12. The van der Waals surface area contributed by atoms with E-state index in [2.05, 4.69) is 19.3 Å². The van der Waals surface area contributed by atoms with Gasteiger partial charge in [0, 0.05) is 6.54 Å². The van der Waals surface area contributed by atoms with Gasteiger partial charge in [0.15, 0.2) is 0 Å². The van der Waals surface area contributed by atoms with E-state index in [0.29, 0.717) is 19.4 Å². The van der Waals surface area contributed by atoms with Crippen LogP contribution in [-0.2, 0) is 9.63 Å². The van der Waals surface area contributed by atoms with E-state index in [0.717, 1.165) is 25.0 Å². The molecule has 0 aliphatic carbocycles. The van der Waals surface area contributed by atoms with E-state index in [1.54, 1.807) is 11.8 Å². The van der Waals surface area contributed by atoms with Gasteiger partial charge >= 0.3 is 5.97 Å². The van der Waals surface area contributed by atoms with Crippen molar-refractivity contribution in [2.75, 3.05) is 18.6 Å². The van der Waals surface area contributed by atoms with E-state index in [1.807, 2.05) is 6.26 Å². The molecule has 144 valence electrons. The molecule has 0 rings (SSSR count). The van der Waals surface area contributed by atoms with E-state index in [4.69, 9.17) is 10.6 Å². The van der Waals surface area contributed by atoms with Crippen LogP contribution in [0.15, 0.2) is 0 Å². The number of carbonyl (C=O) groups excluding carboxylic acids is 1. The molecule has 0 heterocycles. The zero-order valence-corrected chi connectivity index (χ0v) is 17.0. The second-order valence-corrected chi connectivity index (χ2v) is 7.75. The van der Waals surface area contributed by atoms with Crippen molar-refractivity contribution in [2.45, 2.75) is 96.4 Å². The van der Waals surface area contributed by atoms with Gasteiger partial charge in [-0.3, -0.25) is 0 Å². The Balaban J connectivity index is 4.08. The molecule has 0 aromatic heterocycles. The number of rotatable bonds is 17. The number of nitrogens with two attached hydrogens (primary N) is 1. The third kappa shape index (κ3) is 12.2. The van der Waals surface area contributed by atoms with Gasteiger partial charge in [0.05, 0.1) is 0 Å². The second kappa shape index (κ2) is 16.2. The number of carbonyl (C=O) groups is 1. The highest BCUT2D eigenvalue weighted by Crippen LogP contribution is 2.21. The monoisotopic (exact) mass is 360 g/mol. The molecule has 0 aromatic carbocycles. The zero-order chi connectivity index (χ0) is 18.1. The average molecular weight is 361 g/mol. The van der Waals surface area contributed by atoms with Crippen molar-refractivity contribution in [2.24, 2.45) is 5.73 Å².